The molecule has 4 N–H and O–H groups in total. The summed E-state index contributed by atoms with van der Waals surface area (Å²) in [5, 5.41) is 12.1. The van der Waals surface area contributed by atoms with E-state index < -0.39 is 5.97 Å². The van der Waals surface area contributed by atoms with Gasteiger partial charge < -0.3 is 20.9 Å². The first-order chi connectivity index (χ1) is 7.66. The first kappa shape index (κ1) is 10.8. The summed E-state index contributed by atoms with van der Waals surface area (Å²) < 4.78 is 5.23. The normalized spacial score (nSPS) is 19.6. The van der Waals surface area contributed by atoms with Crippen LogP contribution in [-0.2, 0) is 4.74 Å². The lowest BCUT2D eigenvalue weighted by molar-refractivity contribution is 0.0698. The monoisotopic (exact) mass is 222 g/mol. The molecule has 0 aliphatic carbocycles. The van der Waals surface area contributed by atoms with Crippen molar-refractivity contribution in [3.63, 3.8) is 0 Å². The third-order valence-electron chi connectivity index (χ3n) is 2.58. The Hall–Kier alpha value is -1.75. The molecule has 0 saturated carbocycles. The minimum absolute atomic E-state index is 0.133. The van der Waals surface area contributed by atoms with E-state index in [-0.39, 0.29) is 17.3 Å². The second kappa shape index (κ2) is 4.40. The third kappa shape index (κ3) is 2.25. The number of anilines is 2. The second-order valence-electron chi connectivity index (χ2n) is 3.81. The number of nitrogen functional groups attached to an aromatic ring is 1. The van der Waals surface area contributed by atoms with Crippen molar-refractivity contribution >= 4 is 17.3 Å². The van der Waals surface area contributed by atoms with Crippen LogP contribution in [0.5, 0.6) is 0 Å². The van der Waals surface area contributed by atoms with Crippen molar-refractivity contribution in [2.24, 2.45) is 0 Å². The highest BCUT2D eigenvalue weighted by Gasteiger charge is 2.15. The highest BCUT2D eigenvalue weighted by Crippen LogP contribution is 2.20. The largest absolute Gasteiger partial charge is 0.478 e. The lowest BCUT2D eigenvalue weighted by Gasteiger charge is -2.13. The Morgan fingerprint density at radius 3 is 2.94 bits per heavy atom. The second-order valence-corrected chi connectivity index (χ2v) is 3.81. The molecule has 0 bridgehead atoms. The van der Waals surface area contributed by atoms with Gasteiger partial charge in [-0.25, -0.2) is 4.79 Å². The number of rotatable bonds is 3. The number of aromatic carboxylic acids is 1. The predicted molar refractivity (Wildman–Crippen MR) is 60.7 cm³/mol. The van der Waals surface area contributed by atoms with E-state index in [1.54, 1.807) is 12.1 Å². The van der Waals surface area contributed by atoms with E-state index in [2.05, 4.69) is 5.32 Å². The third-order valence-corrected chi connectivity index (χ3v) is 2.58. The van der Waals surface area contributed by atoms with Gasteiger partial charge in [0.05, 0.1) is 18.2 Å². The topological polar surface area (TPSA) is 84.6 Å². The minimum atomic E-state index is -1.01. The molecule has 0 aromatic heterocycles. The smallest absolute Gasteiger partial charge is 0.337 e. The van der Waals surface area contributed by atoms with Gasteiger partial charge in [0.2, 0.25) is 0 Å². The van der Waals surface area contributed by atoms with E-state index in [1.165, 1.54) is 6.07 Å². The van der Waals surface area contributed by atoms with Crippen LogP contribution in [0.2, 0.25) is 0 Å². The molecule has 1 saturated heterocycles. The van der Waals surface area contributed by atoms with Crippen LogP contribution in [0.3, 0.4) is 0 Å². The van der Waals surface area contributed by atoms with Gasteiger partial charge in [0, 0.05) is 18.0 Å². The van der Waals surface area contributed by atoms with Crippen LogP contribution in [0, 0.1) is 0 Å². The van der Waals surface area contributed by atoms with Crippen LogP contribution in [0.4, 0.5) is 11.4 Å². The van der Waals surface area contributed by atoms with E-state index in [9.17, 15) is 4.79 Å². The predicted octanol–water partition coefficient (Wildman–Crippen LogP) is 1.17. The molecule has 0 spiro atoms. The van der Waals surface area contributed by atoms with E-state index >= 15 is 0 Å². The van der Waals surface area contributed by atoms with Gasteiger partial charge in [-0.2, -0.15) is 0 Å². The fourth-order valence-electron chi connectivity index (χ4n) is 1.73. The Balaban J connectivity index is 2.11. The van der Waals surface area contributed by atoms with Gasteiger partial charge in [0.1, 0.15) is 0 Å². The zero-order valence-corrected chi connectivity index (χ0v) is 8.77. The van der Waals surface area contributed by atoms with E-state index in [0.29, 0.717) is 6.61 Å². The standard InChI is InChI=1S/C11H14N2O3/c12-10-5-7(1-2-9(10)11(14)15)13-8-3-4-16-6-8/h1-2,5,8,13H,3-4,6,12H2,(H,14,15). The van der Waals surface area contributed by atoms with Crippen LogP contribution < -0.4 is 11.1 Å². The summed E-state index contributed by atoms with van der Waals surface area (Å²) in [6.45, 7) is 1.45. The highest BCUT2D eigenvalue weighted by atomic mass is 16.5. The molecule has 1 aliphatic heterocycles. The molecule has 16 heavy (non-hydrogen) atoms. The van der Waals surface area contributed by atoms with Crippen molar-refractivity contribution < 1.29 is 14.6 Å². The summed E-state index contributed by atoms with van der Waals surface area (Å²) in [7, 11) is 0. The number of carboxylic acids is 1. The molecule has 1 aromatic carbocycles. The maximum absolute atomic E-state index is 10.8. The average Bonchev–Trinajstić information content (AvgIpc) is 2.70. The molecule has 5 nitrogen and oxygen atoms in total. The lowest BCUT2D eigenvalue weighted by Crippen LogP contribution is -2.19. The van der Waals surface area contributed by atoms with Gasteiger partial charge in [0.25, 0.3) is 0 Å². The van der Waals surface area contributed by atoms with E-state index in [1.807, 2.05) is 0 Å². The zero-order chi connectivity index (χ0) is 11.5. The fourth-order valence-corrected chi connectivity index (χ4v) is 1.73. The van der Waals surface area contributed by atoms with Crippen molar-refractivity contribution in [2.45, 2.75) is 12.5 Å². The SMILES string of the molecule is Nc1cc(NC2CCOC2)ccc1C(=O)O. The first-order valence-electron chi connectivity index (χ1n) is 5.14. The number of nitrogens with two attached hydrogens (primary N) is 1. The molecule has 1 unspecified atom stereocenters. The van der Waals surface area contributed by atoms with Crippen molar-refractivity contribution in [3.8, 4) is 0 Å². The van der Waals surface area contributed by atoms with E-state index in [0.717, 1.165) is 18.7 Å². The summed E-state index contributed by atoms with van der Waals surface area (Å²) in [6, 6.07) is 5.16. The summed E-state index contributed by atoms with van der Waals surface area (Å²) >= 11 is 0. The number of benzene rings is 1. The van der Waals surface area contributed by atoms with Crippen LogP contribution in [0.15, 0.2) is 18.2 Å². The molecular weight excluding hydrogens is 208 g/mol. The van der Waals surface area contributed by atoms with Gasteiger partial charge in [-0.05, 0) is 24.6 Å². The number of nitrogens with one attached hydrogen (secondary N) is 1. The first-order valence-corrected chi connectivity index (χ1v) is 5.14. The van der Waals surface area contributed by atoms with Gasteiger partial charge in [0.15, 0.2) is 0 Å². The summed E-state index contributed by atoms with van der Waals surface area (Å²) in [4.78, 5) is 10.8. The van der Waals surface area contributed by atoms with Gasteiger partial charge in [-0.3, -0.25) is 0 Å². The summed E-state index contributed by atoms with van der Waals surface area (Å²) in [6.07, 6.45) is 0.959. The number of hydrogen-bond donors (Lipinski definition) is 3. The molecule has 1 aliphatic rings. The van der Waals surface area contributed by atoms with Crippen molar-refractivity contribution in [1.29, 1.82) is 0 Å². The quantitative estimate of drug-likeness (QED) is 0.668. The summed E-state index contributed by atoms with van der Waals surface area (Å²) in [5.41, 5.74) is 6.88. The van der Waals surface area contributed by atoms with Crippen LogP contribution in [0.1, 0.15) is 16.8 Å². The van der Waals surface area contributed by atoms with Gasteiger partial charge >= 0.3 is 5.97 Å². The van der Waals surface area contributed by atoms with Crippen molar-refractivity contribution in [2.75, 3.05) is 24.3 Å². The molecule has 0 amide bonds. The average molecular weight is 222 g/mol. The van der Waals surface area contributed by atoms with Crippen molar-refractivity contribution in [3.05, 3.63) is 23.8 Å². The Morgan fingerprint density at radius 1 is 1.56 bits per heavy atom. The fraction of sp³-hybridized carbons (Fsp3) is 0.364. The highest BCUT2D eigenvalue weighted by molar-refractivity contribution is 5.94. The molecule has 1 heterocycles. The van der Waals surface area contributed by atoms with Gasteiger partial charge in [-0.1, -0.05) is 0 Å². The lowest BCUT2D eigenvalue weighted by atomic mass is 10.1. The molecule has 1 atom stereocenters. The summed E-state index contributed by atoms with van der Waals surface area (Å²) in [5.74, 6) is -1.01. The molecule has 1 fully saturated rings. The Labute approximate surface area is 93.2 Å². The maximum atomic E-state index is 10.8. The number of hydrogen-bond acceptors (Lipinski definition) is 4. The molecule has 1 aromatic rings. The number of carboxylic acid groups (broad SMARTS) is 1. The van der Waals surface area contributed by atoms with E-state index in [4.69, 9.17) is 15.6 Å². The Kier molecular flexibility index (Phi) is 2.96. The van der Waals surface area contributed by atoms with Gasteiger partial charge in [-0.15, -0.1) is 0 Å². The Morgan fingerprint density at radius 2 is 2.38 bits per heavy atom. The maximum Gasteiger partial charge on any atom is 0.337 e. The number of carbonyl (C=O) groups is 1. The molecule has 5 heteroatoms. The molecule has 2 rings (SSSR count). The zero-order valence-electron chi connectivity index (χ0n) is 8.77. The van der Waals surface area contributed by atoms with Crippen LogP contribution in [-0.4, -0.2) is 30.3 Å². The van der Waals surface area contributed by atoms with Crippen LogP contribution >= 0.6 is 0 Å². The molecule has 0 radical (unpaired) electrons. The molecular formula is C11H14N2O3. The van der Waals surface area contributed by atoms with Crippen molar-refractivity contribution in [1.82, 2.24) is 0 Å². The number of ether oxygens (including phenoxy) is 1. The van der Waals surface area contributed by atoms with Crippen LogP contribution in [0.25, 0.3) is 0 Å². The Bertz CT molecular complexity index is 400. The minimum Gasteiger partial charge on any atom is -0.478 e. The molecule has 86 valence electrons.